The number of aryl methyl sites for hydroxylation is 1. The third kappa shape index (κ3) is 1.70. The first-order valence-electron chi connectivity index (χ1n) is 2.68. The summed E-state index contributed by atoms with van der Waals surface area (Å²) < 4.78 is 0. The molecule has 0 radical (unpaired) electrons. The summed E-state index contributed by atoms with van der Waals surface area (Å²) in [6.45, 7) is 1.92. The van der Waals surface area contributed by atoms with Crippen molar-refractivity contribution in [2.75, 3.05) is 0 Å². The molecule has 10 heavy (non-hydrogen) atoms. The second kappa shape index (κ2) is 2.66. The molecule has 0 spiro atoms. The number of nitrogens with two attached hydrogens (primary N) is 1. The summed E-state index contributed by atoms with van der Waals surface area (Å²) in [5, 5.41) is 0. The van der Waals surface area contributed by atoms with Gasteiger partial charge in [0, 0.05) is 11.1 Å². The van der Waals surface area contributed by atoms with E-state index in [0.29, 0.717) is 4.80 Å². The fourth-order valence-corrected chi connectivity index (χ4v) is 1.21. The average molecular weight is 157 g/mol. The van der Waals surface area contributed by atoms with Crippen molar-refractivity contribution in [2.24, 2.45) is 10.7 Å². The van der Waals surface area contributed by atoms with Gasteiger partial charge < -0.3 is 10.7 Å². The first kappa shape index (κ1) is 7.01. The molecule has 0 bridgehead atoms. The highest BCUT2D eigenvalue weighted by Gasteiger charge is 1.89. The lowest BCUT2D eigenvalue weighted by molar-refractivity contribution is 0.256. The van der Waals surface area contributed by atoms with Crippen LogP contribution >= 0.6 is 11.3 Å². The Morgan fingerprint density at radius 2 is 2.60 bits per heavy atom. The predicted molar refractivity (Wildman–Crippen MR) is 38.6 cm³/mol. The van der Waals surface area contributed by atoms with Crippen molar-refractivity contribution >= 4 is 17.4 Å². The minimum absolute atomic E-state index is 0.546. The van der Waals surface area contributed by atoms with Crippen LogP contribution in [-0.2, 0) is 0 Å². The number of urea groups is 1. The molecule has 0 aliphatic heterocycles. The minimum atomic E-state index is -0.668. The molecule has 1 aromatic rings. The van der Waals surface area contributed by atoms with Crippen LogP contribution in [0.15, 0.2) is 11.2 Å². The van der Waals surface area contributed by atoms with Crippen molar-refractivity contribution in [3.8, 4) is 0 Å². The molecule has 1 aromatic heterocycles. The molecule has 3 N–H and O–H groups in total. The maximum absolute atomic E-state index is 10.2. The lowest BCUT2D eigenvalue weighted by Gasteiger charge is -1.74. The molecular weight excluding hydrogens is 150 g/mol. The molecular formula is C5H7N3OS. The van der Waals surface area contributed by atoms with Crippen LogP contribution in [0.4, 0.5) is 4.79 Å². The largest absolute Gasteiger partial charge is 0.350 e. The summed E-state index contributed by atoms with van der Waals surface area (Å²) in [6, 6.07) is -0.668. The smallest absolute Gasteiger partial charge is 0.340 e. The van der Waals surface area contributed by atoms with Gasteiger partial charge in [-0.15, -0.1) is 11.3 Å². The van der Waals surface area contributed by atoms with Crippen LogP contribution in [0.2, 0.25) is 0 Å². The van der Waals surface area contributed by atoms with E-state index in [0.717, 1.165) is 4.88 Å². The highest BCUT2D eigenvalue weighted by atomic mass is 32.1. The number of carbonyl (C=O) groups excluding carboxylic acids is 1. The van der Waals surface area contributed by atoms with Crippen LogP contribution in [0.1, 0.15) is 4.88 Å². The third-order valence-corrected chi connectivity index (χ3v) is 1.71. The van der Waals surface area contributed by atoms with Crippen LogP contribution in [0.5, 0.6) is 0 Å². The van der Waals surface area contributed by atoms with Crippen molar-refractivity contribution in [3.05, 3.63) is 15.9 Å². The summed E-state index contributed by atoms with van der Waals surface area (Å²) in [7, 11) is 0. The van der Waals surface area contributed by atoms with Crippen LogP contribution < -0.4 is 10.5 Å². The lowest BCUT2D eigenvalue weighted by atomic mass is 10.7. The minimum Gasteiger partial charge on any atom is -0.350 e. The second-order valence-corrected chi connectivity index (χ2v) is 2.99. The van der Waals surface area contributed by atoms with E-state index in [2.05, 4.69) is 9.98 Å². The van der Waals surface area contributed by atoms with Gasteiger partial charge >= 0.3 is 6.03 Å². The van der Waals surface area contributed by atoms with E-state index >= 15 is 0 Å². The van der Waals surface area contributed by atoms with E-state index in [4.69, 9.17) is 5.73 Å². The van der Waals surface area contributed by atoms with E-state index in [1.807, 2.05) is 6.92 Å². The zero-order chi connectivity index (χ0) is 7.56. The molecule has 0 saturated carbocycles. The summed E-state index contributed by atoms with van der Waals surface area (Å²) in [5.74, 6) is 0. The van der Waals surface area contributed by atoms with Gasteiger partial charge in [0.15, 0.2) is 4.80 Å². The normalized spacial score (nSPS) is 11.9. The molecule has 0 fully saturated rings. The van der Waals surface area contributed by atoms with E-state index in [-0.39, 0.29) is 0 Å². The summed E-state index contributed by atoms with van der Waals surface area (Å²) in [6.07, 6.45) is 1.77. The van der Waals surface area contributed by atoms with Gasteiger partial charge in [0.05, 0.1) is 0 Å². The Hall–Kier alpha value is -1.10. The number of rotatable bonds is 0. The van der Waals surface area contributed by atoms with Gasteiger partial charge in [-0.05, 0) is 6.92 Å². The van der Waals surface area contributed by atoms with Crippen LogP contribution in [0.3, 0.4) is 0 Å². The molecule has 1 heterocycles. The molecule has 54 valence electrons. The Labute approximate surface area is 61.4 Å². The van der Waals surface area contributed by atoms with E-state index in [9.17, 15) is 4.79 Å². The molecule has 0 aliphatic rings. The Kier molecular flexibility index (Phi) is 1.86. The predicted octanol–water partition coefficient (Wildman–Crippen LogP) is 0.364. The number of carbonyl (C=O) groups is 1. The van der Waals surface area contributed by atoms with Crippen LogP contribution in [0, 0.1) is 6.92 Å². The summed E-state index contributed by atoms with van der Waals surface area (Å²) >= 11 is 1.39. The van der Waals surface area contributed by atoms with Crippen molar-refractivity contribution in [2.45, 2.75) is 6.92 Å². The number of nitrogens with one attached hydrogen (secondary N) is 1. The van der Waals surface area contributed by atoms with Gasteiger partial charge in [-0.1, -0.05) is 0 Å². The zero-order valence-corrected chi connectivity index (χ0v) is 6.23. The fourth-order valence-electron chi connectivity index (χ4n) is 0.530. The molecule has 4 nitrogen and oxygen atoms in total. The van der Waals surface area contributed by atoms with Crippen LogP contribution in [-0.4, -0.2) is 11.0 Å². The standard InChI is InChI=1S/C5H7N3OS/c1-3-2-7-5(10-3)8-4(6)9/h2H,1H3,(H3,6,7,8,9). The topological polar surface area (TPSA) is 71.2 Å². The van der Waals surface area contributed by atoms with Gasteiger partial charge in [0.1, 0.15) is 0 Å². The van der Waals surface area contributed by atoms with Gasteiger partial charge in [0.25, 0.3) is 0 Å². The number of primary amides is 1. The van der Waals surface area contributed by atoms with Crippen molar-refractivity contribution < 1.29 is 4.79 Å². The molecule has 2 amide bonds. The van der Waals surface area contributed by atoms with Crippen LogP contribution in [0.25, 0.3) is 0 Å². The zero-order valence-electron chi connectivity index (χ0n) is 5.42. The Bertz CT molecular complexity index is 298. The number of aromatic nitrogens is 1. The van der Waals surface area contributed by atoms with Gasteiger partial charge in [-0.25, -0.2) is 4.79 Å². The maximum atomic E-state index is 10.2. The van der Waals surface area contributed by atoms with Gasteiger partial charge in [-0.3, -0.25) is 0 Å². The number of aromatic amines is 1. The maximum Gasteiger partial charge on any atom is 0.340 e. The molecule has 0 atom stereocenters. The average Bonchev–Trinajstić information content (AvgIpc) is 2.13. The number of thiazole rings is 1. The van der Waals surface area contributed by atoms with E-state index in [1.54, 1.807) is 6.20 Å². The Balaban J connectivity index is 3.05. The SMILES string of the molecule is Cc1c[nH]/c(=N\C(N)=O)s1. The quantitative estimate of drug-likeness (QED) is 0.561. The monoisotopic (exact) mass is 157 g/mol. The third-order valence-electron chi connectivity index (χ3n) is 0.868. The van der Waals surface area contributed by atoms with Crippen molar-refractivity contribution in [1.82, 2.24) is 4.98 Å². The van der Waals surface area contributed by atoms with Crippen molar-refractivity contribution in [1.29, 1.82) is 0 Å². The number of amides is 2. The number of hydrogen-bond acceptors (Lipinski definition) is 2. The lowest BCUT2D eigenvalue weighted by Crippen LogP contribution is -2.10. The van der Waals surface area contributed by atoms with E-state index < -0.39 is 6.03 Å². The van der Waals surface area contributed by atoms with E-state index in [1.165, 1.54) is 11.3 Å². The van der Waals surface area contributed by atoms with Crippen molar-refractivity contribution in [3.63, 3.8) is 0 Å². The van der Waals surface area contributed by atoms with Gasteiger partial charge in [-0.2, -0.15) is 4.99 Å². The summed E-state index contributed by atoms with van der Waals surface area (Å²) in [5.41, 5.74) is 4.81. The number of nitrogens with zero attached hydrogens (tertiary/aromatic N) is 1. The molecule has 0 unspecified atom stereocenters. The highest BCUT2D eigenvalue weighted by molar-refractivity contribution is 7.09. The molecule has 0 aromatic carbocycles. The first-order chi connectivity index (χ1) is 4.68. The Morgan fingerprint density at radius 3 is 3.00 bits per heavy atom. The molecule has 5 heteroatoms. The number of hydrogen-bond donors (Lipinski definition) is 2. The molecule has 1 rings (SSSR count). The molecule has 0 saturated heterocycles. The number of H-pyrrole nitrogens is 1. The fraction of sp³-hybridized carbons (Fsp3) is 0.200. The Morgan fingerprint density at radius 1 is 1.90 bits per heavy atom. The first-order valence-corrected chi connectivity index (χ1v) is 3.49. The second-order valence-electron chi connectivity index (χ2n) is 1.76. The van der Waals surface area contributed by atoms with Gasteiger partial charge in [0.2, 0.25) is 0 Å². The molecule has 0 aliphatic carbocycles. The highest BCUT2D eigenvalue weighted by Crippen LogP contribution is 1.94. The summed E-state index contributed by atoms with van der Waals surface area (Å²) in [4.78, 5) is 18.1.